The highest BCUT2D eigenvalue weighted by Crippen LogP contribution is 2.18. The number of carbonyl (C=O) groups is 1. The lowest BCUT2D eigenvalue weighted by Gasteiger charge is -2.20. The van der Waals surface area contributed by atoms with Crippen LogP contribution in [0, 0.1) is 6.92 Å². The molecule has 110 valence electrons. The summed E-state index contributed by atoms with van der Waals surface area (Å²) in [5.41, 5.74) is 2.76. The van der Waals surface area contributed by atoms with E-state index in [0.717, 1.165) is 36.4 Å². The molecular formula is C16H25N3O. The number of hydrogen-bond donors (Lipinski definition) is 2. The van der Waals surface area contributed by atoms with Gasteiger partial charge in [0.1, 0.15) is 0 Å². The van der Waals surface area contributed by atoms with Crippen LogP contribution in [0.15, 0.2) is 18.2 Å². The number of hydrogen-bond acceptors (Lipinski definition) is 3. The minimum atomic E-state index is 0.0185. The van der Waals surface area contributed by atoms with Crippen molar-refractivity contribution in [2.45, 2.75) is 32.7 Å². The van der Waals surface area contributed by atoms with Gasteiger partial charge in [0.2, 0.25) is 0 Å². The van der Waals surface area contributed by atoms with Crippen molar-refractivity contribution >= 4 is 11.6 Å². The summed E-state index contributed by atoms with van der Waals surface area (Å²) in [6.07, 6.45) is 2.40. The lowest BCUT2D eigenvalue weighted by Crippen LogP contribution is -2.38. The number of aryl methyl sites for hydroxylation is 1. The normalized spacial score (nSPS) is 19.1. The summed E-state index contributed by atoms with van der Waals surface area (Å²) in [7, 11) is 2.13. The van der Waals surface area contributed by atoms with Crippen LogP contribution in [0.2, 0.25) is 0 Å². The van der Waals surface area contributed by atoms with Crippen LogP contribution in [0.4, 0.5) is 5.69 Å². The highest BCUT2D eigenvalue weighted by Gasteiger charge is 2.21. The molecule has 1 aliphatic rings. The molecule has 0 bridgehead atoms. The molecule has 1 heterocycles. The fourth-order valence-corrected chi connectivity index (χ4v) is 2.73. The van der Waals surface area contributed by atoms with Crippen molar-refractivity contribution in [2.75, 3.05) is 32.0 Å². The van der Waals surface area contributed by atoms with Gasteiger partial charge >= 0.3 is 0 Å². The van der Waals surface area contributed by atoms with E-state index in [1.54, 1.807) is 0 Å². The first-order chi connectivity index (χ1) is 9.61. The Hall–Kier alpha value is -1.55. The number of benzene rings is 1. The van der Waals surface area contributed by atoms with Gasteiger partial charge in [0.25, 0.3) is 5.91 Å². The molecule has 1 saturated heterocycles. The van der Waals surface area contributed by atoms with E-state index < -0.39 is 0 Å². The SMILES string of the molecule is CCNc1ccc(C)cc1C(=O)NCC1CCCN1C. The molecule has 0 spiro atoms. The second-order valence-electron chi connectivity index (χ2n) is 5.57. The van der Waals surface area contributed by atoms with E-state index in [1.807, 2.05) is 32.0 Å². The summed E-state index contributed by atoms with van der Waals surface area (Å²) in [6.45, 7) is 6.73. The molecule has 1 aromatic carbocycles. The Bertz CT molecular complexity index is 473. The second kappa shape index (κ2) is 6.75. The van der Waals surface area contributed by atoms with Gasteiger partial charge in [0, 0.05) is 24.8 Å². The highest BCUT2D eigenvalue weighted by atomic mass is 16.1. The van der Waals surface area contributed by atoms with Crippen molar-refractivity contribution in [3.8, 4) is 0 Å². The van der Waals surface area contributed by atoms with Crippen molar-refractivity contribution < 1.29 is 4.79 Å². The van der Waals surface area contributed by atoms with Crippen molar-refractivity contribution in [2.24, 2.45) is 0 Å². The van der Waals surface area contributed by atoms with E-state index in [4.69, 9.17) is 0 Å². The molecule has 0 aromatic heterocycles. The highest BCUT2D eigenvalue weighted by molar-refractivity contribution is 5.99. The molecule has 1 aliphatic heterocycles. The molecule has 20 heavy (non-hydrogen) atoms. The zero-order valence-electron chi connectivity index (χ0n) is 12.7. The third-order valence-corrected chi connectivity index (χ3v) is 3.96. The van der Waals surface area contributed by atoms with E-state index in [1.165, 1.54) is 12.8 Å². The number of rotatable bonds is 5. The smallest absolute Gasteiger partial charge is 0.253 e. The summed E-state index contributed by atoms with van der Waals surface area (Å²) in [4.78, 5) is 14.7. The average molecular weight is 275 g/mol. The van der Waals surface area contributed by atoms with Crippen molar-refractivity contribution in [1.82, 2.24) is 10.2 Å². The largest absolute Gasteiger partial charge is 0.385 e. The van der Waals surface area contributed by atoms with E-state index in [0.29, 0.717) is 6.04 Å². The molecule has 1 fully saturated rings. The number of anilines is 1. The summed E-state index contributed by atoms with van der Waals surface area (Å²) in [6, 6.07) is 6.44. The molecule has 2 rings (SSSR count). The van der Waals surface area contributed by atoms with Gasteiger partial charge in [-0.05, 0) is 52.4 Å². The Morgan fingerprint density at radius 3 is 2.90 bits per heavy atom. The van der Waals surface area contributed by atoms with Crippen LogP contribution >= 0.6 is 0 Å². The average Bonchev–Trinajstić information content (AvgIpc) is 2.84. The van der Waals surface area contributed by atoms with Gasteiger partial charge in [-0.2, -0.15) is 0 Å². The molecule has 2 N–H and O–H groups in total. The molecule has 1 aromatic rings. The Morgan fingerprint density at radius 2 is 2.25 bits per heavy atom. The van der Waals surface area contributed by atoms with Gasteiger partial charge in [0.15, 0.2) is 0 Å². The minimum Gasteiger partial charge on any atom is -0.385 e. The number of carbonyl (C=O) groups excluding carboxylic acids is 1. The molecule has 1 amide bonds. The standard InChI is InChI=1S/C16H25N3O/c1-4-17-15-8-7-12(2)10-14(15)16(20)18-11-13-6-5-9-19(13)3/h7-8,10,13,17H,4-6,9,11H2,1-3H3,(H,18,20). The van der Waals surface area contributed by atoms with Crippen LogP contribution in [0.3, 0.4) is 0 Å². The first-order valence-electron chi connectivity index (χ1n) is 7.44. The number of likely N-dealkylation sites (N-methyl/N-ethyl adjacent to an activating group) is 1. The summed E-state index contributed by atoms with van der Waals surface area (Å²) >= 11 is 0. The molecule has 1 unspecified atom stereocenters. The van der Waals surface area contributed by atoms with Crippen LogP contribution in [0.1, 0.15) is 35.7 Å². The fourth-order valence-electron chi connectivity index (χ4n) is 2.73. The molecule has 4 heteroatoms. The maximum atomic E-state index is 12.4. The molecule has 0 aliphatic carbocycles. The Kier molecular flexibility index (Phi) is 5.01. The molecule has 0 saturated carbocycles. The van der Waals surface area contributed by atoms with Gasteiger partial charge in [-0.25, -0.2) is 0 Å². The molecular weight excluding hydrogens is 250 g/mol. The Balaban J connectivity index is 2.02. The lowest BCUT2D eigenvalue weighted by molar-refractivity contribution is 0.0944. The molecule has 1 atom stereocenters. The predicted octanol–water partition coefficient (Wildman–Crippen LogP) is 2.25. The van der Waals surface area contributed by atoms with Gasteiger partial charge < -0.3 is 15.5 Å². The van der Waals surface area contributed by atoms with Crippen LogP contribution in [0.5, 0.6) is 0 Å². The number of amides is 1. The summed E-state index contributed by atoms with van der Waals surface area (Å²) < 4.78 is 0. The second-order valence-corrected chi connectivity index (χ2v) is 5.57. The Labute approximate surface area is 121 Å². The van der Waals surface area contributed by atoms with Crippen molar-refractivity contribution in [1.29, 1.82) is 0 Å². The summed E-state index contributed by atoms with van der Waals surface area (Å²) in [5, 5.41) is 6.33. The van der Waals surface area contributed by atoms with E-state index >= 15 is 0 Å². The monoisotopic (exact) mass is 275 g/mol. The maximum absolute atomic E-state index is 12.4. The zero-order valence-corrected chi connectivity index (χ0v) is 12.7. The maximum Gasteiger partial charge on any atom is 0.253 e. The first-order valence-corrected chi connectivity index (χ1v) is 7.44. The third-order valence-electron chi connectivity index (χ3n) is 3.96. The Morgan fingerprint density at radius 1 is 1.45 bits per heavy atom. The topological polar surface area (TPSA) is 44.4 Å². The third kappa shape index (κ3) is 3.51. The lowest BCUT2D eigenvalue weighted by atomic mass is 10.1. The van der Waals surface area contributed by atoms with Crippen LogP contribution in [-0.4, -0.2) is 43.5 Å². The molecule has 0 radical (unpaired) electrons. The van der Waals surface area contributed by atoms with Crippen LogP contribution < -0.4 is 10.6 Å². The van der Waals surface area contributed by atoms with Gasteiger partial charge in [-0.1, -0.05) is 11.6 Å². The quantitative estimate of drug-likeness (QED) is 0.866. The number of nitrogens with one attached hydrogen (secondary N) is 2. The van der Waals surface area contributed by atoms with Gasteiger partial charge in [0.05, 0.1) is 5.56 Å². The van der Waals surface area contributed by atoms with E-state index in [2.05, 4.69) is 22.6 Å². The van der Waals surface area contributed by atoms with Crippen molar-refractivity contribution in [3.05, 3.63) is 29.3 Å². The first kappa shape index (κ1) is 14.9. The number of likely N-dealkylation sites (tertiary alicyclic amines) is 1. The molecule has 4 nitrogen and oxygen atoms in total. The number of nitrogens with zero attached hydrogens (tertiary/aromatic N) is 1. The van der Waals surface area contributed by atoms with E-state index in [9.17, 15) is 4.79 Å². The predicted molar refractivity (Wildman–Crippen MR) is 83.3 cm³/mol. The van der Waals surface area contributed by atoms with Crippen molar-refractivity contribution in [3.63, 3.8) is 0 Å². The summed E-state index contributed by atoms with van der Waals surface area (Å²) in [5.74, 6) is 0.0185. The fraction of sp³-hybridized carbons (Fsp3) is 0.562. The van der Waals surface area contributed by atoms with E-state index in [-0.39, 0.29) is 5.91 Å². The van der Waals surface area contributed by atoms with Gasteiger partial charge in [-0.3, -0.25) is 4.79 Å². The van der Waals surface area contributed by atoms with Crippen LogP contribution in [-0.2, 0) is 0 Å². The van der Waals surface area contributed by atoms with Crippen LogP contribution in [0.25, 0.3) is 0 Å². The zero-order chi connectivity index (χ0) is 14.5. The van der Waals surface area contributed by atoms with Gasteiger partial charge in [-0.15, -0.1) is 0 Å². The minimum absolute atomic E-state index is 0.0185.